The predicted octanol–water partition coefficient (Wildman–Crippen LogP) is 1.86. The number of rotatable bonds is 5. The van der Waals surface area contributed by atoms with E-state index in [9.17, 15) is 13.2 Å². The molecule has 132 valence electrons. The van der Waals surface area contributed by atoms with Crippen molar-refractivity contribution >= 4 is 27.3 Å². The van der Waals surface area contributed by atoms with Crippen LogP contribution in [-0.4, -0.2) is 41.2 Å². The lowest BCUT2D eigenvalue weighted by atomic mass is 10.2. The van der Waals surface area contributed by atoms with E-state index in [-0.39, 0.29) is 17.4 Å². The quantitative estimate of drug-likeness (QED) is 0.878. The minimum atomic E-state index is -3.73. The molecule has 1 heterocycles. The average molecular weight is 362 g/mol. The third kappa shape index (κ3) is 3.92. The van der Waals surface area contributed by atoms with Gasteiger partial charge >= 0.3 is 0 Å². The SMILES string of the molecule is COc1cccc(NS(=O)(=O)c2ccc(N3CCOCC3=O)cc2)c1. The van der Waals surface area contributed by atoms with E-state index < -0.39 is 10.0 Å². The minimum absolute atomic E-state index is 0.0391. The summed E-state index contributed by atoms with van der Waals surface area (Å²) in [7, 11) is -2.22. The highest BCUT2D eigenvalue weighted by atomic mass is 32.2. The first-order chi connectivity index (χ1) is 12.0. The van der Waals surface area contributed by atoms with Crippen LogP contribution in [0.3, 0.4) is 0 Å². The number of carbonyl (C=O) groups is 1. The minimum Gasteiger partial charge on any atom is -0.497 e. The molecule has 0 bridgehead atoms. The van der Waals surface area contributed by atoms with Crippen molar-refractivity contribution in [1.29, 1.82) is 0 Å². The maximum atomic E-state index is 12.5. The summed E-state index contributed by atoms with van der Waals surface area (Å²) in [6.07, 6.45) is 0. The highest BCUT2D eigenvalue weighted by Crippen LogP contribution is 2.23. The van der Waals surface area contributed by atoms with Gasteiger partial charge in [-0.2, -0.15) is 0 Å². The Labute approximate surface area is 146 Å². The van der Waals surface area contributed by atoms with Crippen molar-refractivity contribution in [3.63, 3.8) is 0 Å². The van der Waals surface area contributed by atoms with Crippen LogP contribution in [-0.2, 0) is 19.6 Å². The molecule has 0 unspecified atom stereocenters. The molecule has 0 spiro atoms. The number of ether oxygens (including phenoxy) is 2. The second-order valence-corrected chi connectivity index (χ2v) is 7.11. The number of hydrogen-bond acceptors (Lipinski definition) is 5. The Hall–Kier alpha value is -2.58. The van der Waals surface area contributed by atoms with Crippen molar-refractivity contribution in [2.24, 2.45) is 0 Å². The molecule has 2 aromatic carbocycles. The van der Waals surface area contributed by atoms with Crippen LogP contribution < -0.4 is 14.4 Å². The Kier molecular flexibility index (Phi) is 4.91. The van der Waals surface area contributed by atoms with Crippen molar-refractivity contribution < 1.29 is 22.7 Å². The van der Waals surface area contributed by atoms with Gasteiger partial charge in [0.05, 0.1) is 24.3 Å². The third-order valence-electron chi connectivity index (χ3n) is 3.77. The fourth-order valence-corrected chi connectivity index (χ4v) is 3.55. The molecule has 8 heteroatoms. The molecule has 1 aliphatic rings. The number of benzene rings is 2. The lowest BCUT2D eigenvalue weighted by Crippen LogP contribution is -2.41. The summed E-state index contributed by atoms with van der Waals surface area (Å²) >= 11 is 0. The summed E-state index contributed by atoms with van der Waals surface area (Å²) in [5, 5.41) is 0. The van der Waals surface area contributed by atoms with E-state index in [0.29, 0.717) is 30.3 Å². The van der Waals surface area contributed by atoms with Gasteiger partial charge in [0.1, 0.15) is 12.4 Å². The summed E-state index contributed by atoms with van der Waals surface area (Å²) in [6, 6.07) is 12.8. The summed E-state index contributed by atoms with van der Waals surface area (Å²) in [4.78, 5) is 13.5. The fourth-order valence-electron chi connectivity index (χ4n) is 2.50. The number of nitrogens with one attached hydrogen (secondary N) is 1. The molecule has 0 radical (unpaired) electrons. The zero-order valence-electron chi connectivity index (χ0n) is 13.6. The van der Waals surface area contributed by atoms with E-state index in [0.717, 1.165) is 0 Å². The number of anilines is 2. The van der Waals surface area contributed by atoms with Gasteiger partial charge in [0.15, 0.2) is 0 Å². The van der Waals surface area contributed by atoms with Crippen LogP contribution >= 0.6 is 0 Å². The van der Waals surface area contributed by atoms with Gasteiger partial charge in [0.25, 0.3) is 15.9 Å². The third-order valence-corrected chi connectivity index (χ3v) is 5.16. The van der Waals surface area contributed by atoms with Crippen molar-refractivity contribution in [1.82, 2.24) is 0 Å². The van der Waals surface area contributed by atoms with Crippen LogP contribution in [0.15, 0.2) is 53.4 Å². The first-order valence-corrected chi connectivity index (χ1v) is 9.13. The maximum Gasteiger partial charge on any atom is 0.261 e. The van der Waals surface area contributed by atoms with Crippen molar-refractivity contribution in [2.75, 3.05) is 36.5 Å². The molecule has 0 aliphatic carbocycles. The number of morpholine rings is 1. The number of carbonyl (C=O) groups excluding carboxylic acids is 1. The van der Waals surface area contributed by atoms with Gasteiger partial charge in [0, 0.05) is 18.3 Å². The number of methoxy groups -OCH3 is 1. The van der Waals surface area contributed by atoms with E-state index in [1.54, 1.807) is 41.3 Å². The molecular formula is C17H18N2O5S. The van der Waals surface area contributed by atoms with Crippen molar-refractivity contribution in [2.45, 2.75) is 4.90 Å². The molecule has 0 atom stereocenters. The van der Waals surface area contributed by atoms with Crippen LogP contribution in [0, 0.1) is 0 Å². The van der Waals surface area contributed by atoms with E-state index in [4.69, 9.17) is 9.47 Å². The molecule has 1 amide bonds. The zero-order chi connectivity index (χ0) is 17.9. The summed E-state index contributed by atoms with van der Waals surface area (Å²) in [6.45, 7) is 0.952. The van der Waals surface area contributed by atoms with E-state index in [1.165, 1.54) is 19.2 Å². The smallest absolute Gasteiger partial charge is 0.261 e. The monoisotopic (exact) mass is 362 g/mol. The van der Waals surface area contributed by atoms with E-state index >= 15 is 0 Å². The predicted molar refractivity (Wildman–Crippen MR) is 93.4 cm³/mol. The van der Waals surface area contributed by atoms with E-state index in [1.807, 2.05) is 0 Å². The summed E-state index contributed by atoms with van der Waals surface area (Å²) in [5.41, 5.74) is 1.06. The topological polar surface area (TPSA) is 84.9 Å². The molecule has 3 rings (SSSR count). The molecule has 1 fully saturated rings. The highest BCUT2D eigenvalue weighted by Gasteiger charge is 2.21. The number of sulfonamides is 1. The average Bonchev–Trinajstić information content (AvgIpc) is 2.62. The molecule has 2 aromatic rings. The Morgan fingerprint density at radius 3 is 2.60 bits per heavy atom. The van der Waals surface area contributed by atoms with Crippen LogP contribution in [0.4, 0.5) is 11.4 Å². The van der Waals surface area contributed by atoms with Gasteiger partial charge in [-0.25, -0.2) is 8.42 Å². The fraction of sp³-hybridized carbons (Fsp3) is 0.235. The standard InChI is InChI=1S/C17H18N2O5S/c1-23-15-4-2-3-13(11-15)18-25(21,22)16-7-5-14(6-8-16)19-9-10-24-12-17(19)20/h2-8,11,18H,9-10,12H2,1H3. The van der Waals surface area contributed by atoms with Gasteiger partial charge in [-0.3, -0.25) is 9.52 Å². The van der Waals surface area contributed by atoms with Crippen molar-refractivity contribution in [3.05, 3.63) is 48.5 Å². The largest absolute Gasteiger partial charge is 0.497 e. The first-order valence-electron chi connectivity index (χ1n) is 7.65. The second-order valence-electron chi connectivity index (χ2n) is 5.43. The zero-order valence-corrected chi connectivity index (χ0v) is 14.5. The molecule has 1 saturated heterocycles. The maximum absolute atomic E-state index is 12.5. The Morgan fingerprint density at radius 2 is 1.92 bits per heavy atom. The Bertz CT molecular complexity index is 865. The molecule has 25 heavy (non-hydrogen) atoms. The van der Waals surface area contributed by atoms with Gasteiger partial charge in [-0.1, -0.05) is 6.07 Å². The lowest BCUT2D eigenvalue weighted by molar-refractivity contribution is -0.125. The molecule has 1 N–H and O–H groups in total. The first kappa shape index (κ1) is 17.2. The number of hydrogen-bond donors (Lipinski definition) is 1. The van der Waals surface area contributed by atoms with Crippen LogP contribution in [0.2, 0.25) is 0 Å². The van der Waals surface area contributed by atoms with Crippen LogP contribution in [0.1, 0.15) is 0 Å². The summed E-state index contributed by atoms with van der Waals surface area (Å²) < 4.78 is 37.7. The molecule has 1 aliphatic heterocycles. The number of amides is 1. The molecule has 0 saturated carbocycles. The Morgan fingerprint density at radius 1 is 1.16 bits per heavy atom. The highest BCUT2D eigenvalue weighted by molar-refractivity contribution is 7.92. The molecule has 7 nitrogen and oxygen atoms in total. The van der Waals surface area contributed by atoms with Crippen molar-refractivity contribution in [3.8, 4) is 5.75 Å². The molecular weight excluding hydrogens is 344 g/mol. The van der Waals surface area contributed by atoms with Crippen LogP contribution in [0.5, 0.6) is 5.75 Å². The molecule has 0 aromatic heterocycles. The lowest BCUT2D eigenvalue weighted by Gasteiger charge is -2.26. The number of nitrogens with zero attached hydrogens (tertiary/aromatic N) is 1. The summed E-state index contributed by atoms with van der Waals surface area (Å²) in [5.74, 6) is 0.415. The van der Waals surface area contributed by atoms with Gasteiger partial charge in [0.2, 0.25) is 0 Å². The normalized spacial score (nSPS) is 15.1. The van der Waals surface area contributed by atoms with Gasteiger partial charge < -0.3 is 14.4 Å². The van der Waals surface area contributed by atoms with E-state index in [2.05, 4.69) is 4.72 Å². The van der Waals surface area contributed by atoms with Crippen LogP contribution in [0.25, 0.3) is 0 Å². The Balaban J connectivity index is 1.79. The van der Waals surface area contributed by atoms with Gasteiger partial charge in [-0.15, -0.1) is 0 Å². The van der Waals surface area contributed by atoms with Gasteiger partial charge in [-0.05, 0) is 36.4 Å². The second kappa shape index (κ2) is 7.12.